The molecule has 3 aliphatic rings. The van der Waals surface area contributed by atoms with Gasteiger partial charge in [-0.05, 0) is 32.7 Å². The molecule has 2 saturated heterocycles. The number of carbonyl (C=O) groups excluding carboxylic acids is 2. The summed E-state index contributed by atoms with van der Waals surface area (Å²) >= 11 is 0. The molecule has 0 radical (unpaired) electrons. The molecule has 2 aliphatic heterocycles. The highest BCUT2D eigenvalue weighted by molar-refractivity contribution is 6.06. The van der Waals surface area contributed by atoms with E-state index in [0.29, 0.717) is 12.8 Å². The van der Waals surface area contributed by atoms with Crippen molar-refractivity contribution in [3.63, 3.8) is 0 Å². The highest BCUT2D eigenvalue weighted by Crippen LogP contribution is 2.44. The average Bonchev–Trinajstić information content (AvgIpc) is 2.97. The Bertz CT molecular complexity index is 438. The minimum atomic E-state index is -0.884. The van der Waals surface area contributed by atoms with Crippen molar-refractivity contribution in [3.05, 3.63) is 0 Å². The summed E-state index contributed by atoms with van der Waals surface area (Å²) in [6, 6.07) is 2.29. The quantitative estimate of drug-likeness (QED) is 0.654. The molecule has 2 atom stereocenters. The molecule has 1 saturated carbocycles. The summed E-state index contributed by atoms with van der Waals surface area (Å²) in [5.41, 5.74) is -0.884. The number of amides is 2. The Morgan fingerprint density at radius 1 is 1.16 bits per heavy atom. The molecule has 0 aromatic rings. The molecule has 2 amide bonds. The summed E-state index contributed by atoms with van der Waals surface area (Å²) in [6.45, 7) is 1.53. The third-order valence-corrected chi connectivity index (χ3v) is 5.04. The molecule has 3 rings (SSSR count). The van der Waals surface area contributed by atoms with E-state index in [1.54, 1.807) is 0 Å². The number of imide groups is 1. The number of fused-ring (bicyclic) bond motifs is 1. The molecule has 0 aromatic carbocycles. The van der Waals surface area contributed by atoms with E-state index in [2.05, 4.69) is 11.0 Å². The van der Waals surface area contributed by atoms with Crippen LogP contribution in [0.4, 0.5) is 0 Å². The van der Waals surface area contributed by atoms with Crippen molar-refractivity contribution < 1.29 is 9.59 Å². The van der Waals surface area contributed by atoms with Crippen molar-refractivity contribution in [1.82, 2.24) is 9.80 Å². The van der Waals surface area contributed by atoms with Crippen LogP contribution >= 0.6 is 0 Å². The van der Waals surface area contributed by atoms with E-state index in [9.17, 15) is 14.9 Å². The topological polar surface area (TPSA) is 64.4 Å². The van der Waals surface area contributed by atoms with Gasteiger partial charge in [-0.25, -0.2) is 0 Å². The fraction of sp³-hybridized carbons (Fsp3) is 0.786. The highest BCUT2D eigenvalue weighted by atomic mass is 16.2. The fourth-order valence-electron chi connectivity index (χ4n) is 3.79. The van der Waals surface area contributed by atoms with Crippen molar-refractivity contribution in [3.8, 4) is 6.07 Å². The molecular formula is C14H19N3O2. The maximum absolute atomic E-state index is 12.5. The van der Waals surface area contributed by atoms with Crippen molar-refractivity contribution in [2.45, 2.75) is 37.6 Å². The van der Waals surface area contributed by atoms with Gasteiger partial charge < -0.3 is 4.90 Å². The molecule has 2 heterocycles. The Kier molecular flexibility index (Phi) is 2.86. The molecule has 0 bridgehead atoms. The van der Waals surface area contributed by atoms with E-state index < -0.39 is 5.54 Å². The second kappa shape index (κ2) is 4.31. The smallest absolute Gasteiger partial charge is 0.234 e. The molecule has 5 heteroatoms. The number of hydrogen-bond acceptors (Lipinski definition) is 4. The summed E-state index contributed by atoms with van der Waals surface area (Å²) in [5, 5.41) is 9.57. The van der Waals surface area contributed by atoms with Crippen LogP contribution in [-0.4, -0.2) is 47.3 Å². The number of piperidine rings is 1. The Morgan fingerprint density at radius 3 is 2.16 bits per heavy atom. The second-order valence-electron chi connectivity index (χ2n) is 6.10. The number of hydrogen-bond donors (Lipinski definition) is 0. The van der Waals surface area contributed by atoms with Crippen molar-refractivity contribution >= 4 is 11.8 Å². The Balaban J connectivity index is 1.91. The van der Waals surface area contributed by atoms with E-state index in [4.69, 9.17) is 0 Å². The summed E-state index contributed by atoms with van der Waals surface area (Å²) in [6.07, 6.45) is 3.75. The standard InChI is InChI=1S/C14H19N3O2/c1-16-7-5-14(9-15,6-8-16)17-12(18)10-3-2-4-11(10)13(17)19/h10-11H,2-8H2,1H3. The molecule has 102 valence electrons. The first-order chi connectivity index (χ1) is 9.09. The molecule has 0 aromatic heterocycles. The minimum absolute atomic E-state index is 0.0846. The monoisotopic (exact) mass is 261 g/mol. The largest absolute Gasteiger partial charge is 0.306 e. The van der Waals surface area contributed by atoms with E-state index in [1.165, 1.54) is 4.90 Å². The van der Waals surface area contributed by atoms with Gasteiger partial charge in [-0.3, -0.25) is 14.5 Å². The molecule has 0 spiro atoms. The van der Waals surface area contributed by atoms with Crippen molar-refractivity contribution in [1.29, 1.82) is 5.26 Å². The SMILES string of the molecule is CN1CCC(C#N)(N2C(=O)C3CCCC3C2=O)CC1. The van der Waals surface area contributed by atoms with E-state index in [-0.39, 0.29) is 23.7 Å². The van der Waals surface area contributed by atoms with E-state index in [1.807, 2.05) is 7.05 Å². The lowest BCUT2D eigenvalue weighted by molar-refractivity contribution is -0.147. The highest BCUT2D eigenvalue weighted by Gasteiger charge is 2.57. The minimum Gasteiger partial charge on any atom is -0.306 e. The van der Waals surface area contributed by atoms with Crippen LogP contribution in [0.25, 0.3) is 0 Å². The number of rotatable bonds is 1. The number of likely N-dealkylation sites (tertiary alicyclic amines) is 2. The van der Waals surface area contributed by atoms with E-state index in [0.717, 1.165) is 32.4 Å². The summed E-state index contributed by atoms with van der Waals surface area (Å²) in [7, 11) is 2.00. The van der Waals surface area contributed by atoms with Gasteiger partial charge in [-0.1, -0.05) is 6.42 Å². The lowest BCUT2D eigenvalue weighted by atomic mass is 9.87. The predicted octanol–water partition coefficient (Wildman–Crippen LogP) is 0.759. The van der Waals surface area contributed by atoms with Crippen LogP contribution in [0.1, 0.15) is 32.1 Å². The van der Waals surface area contributed by atoms with Gasteiger partial charge in [-0.2, -0.15) is 5.26 Å². The Hall–Kier alpha value is -1.41. The third-order valence-electron chi connectivity index (χ3n) is 5.04. The van der Waals surface area contributed by atoms with Crippen LogP contribution in [0, 0.1) is 23.2 Å². The van der Waals surface area contributed by atoms with Gasteiger partial charge in [0.15, 0.2) is 0 Å². The zero-order valence-corrected chi connectivity index (χ0v) is 11.3. The summed E-state index contributed by atoms with van der Waals surface area (Å²) < 4.78 is 0. The van der Waals surface area contributed by atoms with Gasteiger partial charge in [-0.15, -0.1) is 0 Å². The van der Waals surface area contributed by atoms with Gasteiger partial charge in [0, 0.05) is 13.1 Å². The zero-order valence-electron chi connectivity index (χ0n) is 11.3. The van der Waals surface area contributed by atoms with Crippen LogP contribution in [0.5, 0.6) is 0 Å². The lowest BCUT2D eigenvalue weighted by Gasteiger charge is -2.40. The van der Waals surface area contributed by atoms with Crippen LogP contribution in [0.2, 0.25) is 0 Å². The van der Waals surface area contributed by atoms with Gasteiger partial charge in [0.2, 0.25) is 11.8 Å². The van der Waals surface area contributed by atoms with Crippen molar-refractivity contribution in [2.75, 3.05) is 20.1 Å². The van der Waals surface area contributed by atoms with Crippen LogP contribution in [0.3, 0.4) is 0 Å². The van der Waals surface area contributed by atoms with E-state index >= 15 is 0 Å². The molecule has 2 unspecified atom stereocenters. The summed E-state index contributed by atoms with van der Waals surface area (Å²) in [5.74, 6) is -0.452. The predicted molar refractivity (Wildman–Crippen MR) is 67.8 cm³/mol. The van der Waals surface area contributed by atoms with Crippen LogP contribution < -0.4 is 0 Å². The molecule has 0 N–H and O–H groups in total. The first-order valence-electron chi connectivity index (χ1n) is 7.07. The Labute approximate surface area is 113 Å². The van der Waals surface area contributed by atoms with Gasteiger partial charge in [0.1, 0.15) is 5.54 Å². The molecular weight excluding hydrogens is 242 g/mol. The van der Waals surface area contributed by atoms with Gasteiger partial charge >= 0.3 is 0 Å². The zero-order chi connectivity index (χ0) is 13.6. The maximum Gasteiger partial charge on any atom is 0.234 e. The van der Waals surface area contributed by atoms with Crippen molar-refractivity contribution in [2.24, 2.45) is 11.8 Å². The number of nitriles is 1. The van der Waals surface area contributed by atoms with Crippen LogP contribution in [-0.2, 0) is 9.59 Å². The summed E-state index contributed by atoms with van der Waals surface area (Å²) in [4.78, 5) is 28.4. The lowest BCUT2D eigenvalue weighted by Crippen LogP contribution is -2.56. The number of carbonyl (C=O) groups is 2. The first kappa shape index (κ1) is 12.6. The molecule has 1 aliphatic carbocycles. The average molecular weight is 261 g/mol. The fourth-order valence-corrected chi connectivity index (χ4v) is 3.79. The molecule has 3 fully saturated rings. The molecule has 5 nitrogen and oxygen atoms in total. The number of nitrogens with zero attached hydrogens (tertiary/aromatic N) is 3. The molecule has 19 heavy (non-hydrogen) atoms. The normalized spacial score (nSPS) is 34.4. The maximum atomic E-state index is 12.5. The van der Waals surface area contributed by atoms with Gasteiger partial charge in [0.25, 0.3) is 0 Å². The van der Waals surface area contributed by atoms with Gasteiger partial charge in [0.05, 0.1) is 17.9 Å². The van der Waals surface area contributed by atoms with Crippen LogP contribution in [0.15, 0.2) is 0 Å². The first-order valence-corrected chi connectivity index (χ1v) is 7.07. The Morgan fingerprint density at radius 2 is 1.68 bits per heavy atom. The third kappa shape index (κ3) is 1.70. The second-order valence-corrected chi connectivity index (χ2v) is 6.10.